The zero-order valence-electron chi connectivity index (χ0n) is 18.1. The monoisotopic (exact) mass is 392 g/mol. The van der Waals surface area contributed by atoms with E-state index >= 15 is 0 Å². The van der Waals surface area contributed by atoms with Gasteiger partial charge in [-0.2, -0.15) is 0 Å². The topological polar surface area (TPSA) is 52.6 Å². The molecule has 0 aromatic carbocycles. The molecule has 160 valence electrons. The van der Waals surface area contributed by atoms with E-state index in [1.807, 2.05) is 0 Å². The van der Waals surface area contributed by atoms with Crippen LogP contribution in [0.3, 0.4) is 0 Å². The van der Waals surface area contributed by atoms with Gasteiger partial charge in [-0.3, -0.25) is 0 Å². The normalized spacial score (nSPS) is 10.5. The summed E-state index contributed by atoms with van der Waals surface area (Å²) in [6, 6.07) is 0. The molecular formula is C24H40O4. The summed E-state index contributed by atoms with van der Waals surface area (Å²) < 4.78 is 10.1. The van der Waals surface area contributed by atoms with E-state index in [4.69, 9.17) is 9.47 Å². The maximum absolute atomic E-state index is 11.5. The molecule has 0 saturated carbocycles. The van der Waals surface area contributed by atoms with Crippen LogP contribution in [0.4, 0.5) is 0 Å². The Labute approximate surface area is 172 Å². The van der Waals surface area contributed by atoms with Crippen LogP contribution in [-0.2, 0) is 19.1 Å². The van der Waals surface area contributed by atoms with Gasteiger partial charge in [-0.1, -0.05) is 96.8 Å². The van der Waals surface area contributed by atoms with Crippen molar-refractivity contribution in [2.24, 2.45) is 0 Å². The molecule has 0 heterocycles. The molecule has 0 rings (SSSR count). The molecule has 28 heavy (non-hydrogen) atoms. The lowest BCUT2D eigenvalue weighted by molar-refractivity contribution is -0.138. The molecule has 0 aliphatic carbocycles. The fourth-order valence-electron chi connectivity index (χ4n) is 2.75. The maximum Gasteiger partial charge on any atom is 0.384 e. The first-order valence-electron chi connectivity index (χ1n) is 11.2. The summed E-state index contributed by atoms with van der Waals surface area (Å²) >= 11 is 0. The molecule has 0 radical (unpaired) electrons. The molecule has 0 aromatic rings. The second-order valence-corrected chi connectivity index (χ2v) is 7.15. The van der Waals surface area contributed by atoms with E-state index in [0.717, 1.165) is 25.7 Å². The largest absolute Gasteiger partial charge is 0.463 e. The Morgan fingerprint density at radius 3 is 1.68 bits per heavy atom. The van der Waals surface area contributed by atoms with Crippen molar-refractivity contribution in [2.45, 2.75) is 104 Å². The molecule has 4 heteroatoms. The lowest BCUT2D eigenvalue weighted by atomic mass is 10.1. The third-order valence-electron chi connectivity index (χ3n) is 4.45. The van der Waals surface area contributed by atoms with Gasteiger partial charge in [0.1, 0.15) is 0 Å². The quantitative estimate of drug-likeness (QED) is 0.0981. The Balaban J connectivity index is 3.57. The molecule has 0 spiro atoms. The molecule has 0 aromatic heterocycles. The van der Waals surface area contributed by atoms with Gasteiger partial charge in [-0.25, -0.2) is 9.59 Å². The predicted molar refractivity (Wildman–Crippen MR) is 115 cm³/mol. The van der Waals surface area contributed by atoms with Crippen LogP contribution < -0.4 is 0 Å². The highest BCUT2D eigenvalue weighted by atomic mass is 16.5. The predicted octanol–water partition coefficient (Wildman–Crippen LogP) is 6.13. The second kappa shape index (κ2) is 21.5. The highest BCUT2D eigenvalue weighted by Crippen LogP contribution is 2.07. The minimum atomic E-state index is -0.549. The molecule has 4 nitrogen and oxygen atoms in total. The van der Waals surface area contributed by atoms with Crippen LogP contribution in [0, 0.1) is 11.8 Å². The summed E-state index contributed by atoms with van der Waals surface area (Å²) in [7, 11) is 0. The second-order valence-electron chi connectivity index (χ2n) is 7.15. The third-order valence-corrected chi connectivity index (χ3v) is 4.45. The van der Waals surface area contributed by atoms with Crippen LogP contribution in [-0.4, -0.2) is 25.2 Å². The lowest BCUT2D eigenvalue weighted by Gasteiger charge is -2.02. The maximum atomic E-state index is 11.5. The SMILES string of the molecule is CCCCCCCCCOC(=O)C#C/C=C/C(=O)OCCCCCCCCC. The summed E-state index contributed by atoms with van der Waals surface area (Å²) in [4.78, 5) is 23.0. The summed E-state index contributed by atoms with van der Waals surface area (Å²) in [5, 5.41) is 0. The molecule has 0 N–H and O–H groups in total. The Bertz CT molecular complexity index is 471. The average molecular weight is 393 g/mol. The van der Waals surface area contributed by atoms with Gasteiger partial charge in [0.2, 0.25) is 0 Å². The lowest BCUT2D eigenvalue weighted by Crippen LogP contribution is -2.03. The molecule has 0 aliphatic rings. The van der Waals surface area contributed by atoms with Gasteiger partial charge in [0.15, 0.2) is 0 Å². The van der Waals surface area contributed by atoms with Crippen molar-refractivity contribution < 1.29 is 19.1 Å². The molecule has 0 atom stereocenters. The van der Waals surface area contributed by atoms with Crippen LogP contribution in [0.25, 0.3) is 0 Å². The third kappa shape index (κ3) is 20.6. The number of rotatable bonds is 17. The first kappa shape index (κ1) is 26.2. The number of carbonyl (C=O) groups excluding carboxylic acids is 2. The van der Waals surface area contributed by atoms with Gasteiger partial charge in [0.05, 0.1) is 13.2 Å². The number of carbonyl (C=O) groups is 2. The van der Waals surface area contributed by atoms with E-state index in [1.54, 1.807) is 0 Å². The molecule has 0 unspecified atom stereocenters. The molecule has 0 fully saturated rings. The Hall–Kier alpha value is -1.76. The zero-order chi connectivity index (χ0) is 20.7. The van der Waals surface area contributed by atoms with E-state index < -0.39 is 11.9 Å². The van der Waals surface area contributed by atoms with Gasteiger partial charge in [-0.05, 0) is 18.9 Å². The molecule has 0 bridgehead atoms. The van der Waals surface area contributed by atoms with Crippen molar-refractivity contribution in [1.29, 1.82) is 0 Å². The average Bonchev–Trinajstić information content (AvgIpc) is 2.69. The van der Waals surface area contributed by atoms with E-state index in [-0.39, 0.29) is 0 Å². The number of esters is 2. The molecular weight excluding hydrogens is 352 g/mol. The summed E-state index contributed by atoms with van der Waals surface area (Å²) in [6.07, 6.45) is 19.1. The smallest absolute Gasteiger partial charge is 0.384 e. The summed E-state index contributed by atoms with van der Waals surface area (Å²) in [5.74, 6) is 3.90. The van der Waals surface area contributed by atoms with Gasteiger partial charge in [0.25, 0.3) is 0 Å². The van der Waals surface area contributed by atoms with E-state index in [0.29, 0.717) is 13.2 Å². The number of ether oxygens (including phenoxy) is 2. The van der Waals surface area contributed by atoms with Crippen LogP contribution >= 0.6 is 0 Å². The standard InChI is InChI=1S/C24H40O4/c1-3-5-7-9-11-13-17-21-27-23(25)19-15-16-20-24(26)28-22-18-14-12-10-8-6-4-2/h15,19H,3-14,17-18,21-22H2,1-2H3/b19-15+. The number of hydrogen-bond acceptors (Lipinski definition) is 4. The first-order chi connectivity index (χ1) is 13.7. The highest BCUT2D eigenvalue weighted by Gasteiger charge is 1.98. The van der Waals surface area contributed by atoms with Crippen molar-refractivity contribution in [2.75, 3.05) is 13.2 Å². The van der Waals surface area contributed by atoms with Gasteiger partial charge < -0.3 is 9.47 Å². The van der Waals surface area contributed by atoms with Crippen LogP contribution in [0.1, 0.15) is 104 Å². The van der Waals surface area contributed by atoms with Gasteiger partial charge in [-0.15, -0.1) is 0 Å². The van der Waals surface area contributed by atoms with Gasteiger partial charge in [0, 0.05) is 12.0 Å². The van der Waals surface area contributed by atoms with E-state index in [9.17, 15) is 9.59 Å². The Morgan fingerprint density at radius 2 is 1.14 bits per heavy atom. The van der Waals surface area contributed by atoms with Crippen molar-refractivity contribution in [1.82, 2.24) is 0 Å². The van der Waals surface area contributed by atoms with Crippen molar-refractivity contribution >= 4 is 11.9 Å². The van der Waals surface area contributed by atoms with Crippen molar-refractivity contribution in [3.8, 4) is 11.8 Å². The van der Waals surface area contributed by atoms with Gasteiger partial charge >= 0.3 is 11.9 Å². The summed E-state index contributed by atoms with van der Waals surface area (Å²) in [6.45, 7) is 5.25. The minimum absolute atomic E-state index is 0.408. The number of unbranched alkanes of at least 4 members (excludes halogenated alkanes) is 12. The fourth-order valence-corrected chi connectivity index (χ4v) is 2.75. The van der Waals surface area contributed by atoms with E-state index in [1.165, 1.54) is 76.4 Å². The van der Waals surface area contributed by atoms with E-state index in [2.05, 4.69) is 25.7 Å². The Kier molecular flexibility index (Phi) is 20.2. The highest BCUT2D eigenvalue weighted by molar-refractivity contribution is 5.89. The summed E-state index contributed by atoms with van der Waals surface area (Å²) in [5.41, 5.74) is 0. The van der Waals surface area contributed by atoms with Crippen LogP contribution in [0.2, 0.25) is 0 Å². The Morgan fingerprint density at radius 1 is 0.679 bits per heavy atom. The number of hydrogen-bond donors (Lipinski definition) is 0. The number of allylic oxidation sites excluding steroid dienone is 1. The first-order valence-corrected chi connectivity index (χ1v) is 11.2. The van der Waals surface area contributed by atoms with Crippen molar-refractivity contribution in [3.05, 3.63) is 12.2 Å². The van der Waals surface area contributed by atoms with Crippen LogP contribution in [0.5, 0.6) is 0 Å². The minimum Gasteiger partial charge on any atom is -0.463 e. The molecule has 0 amide bonds. The molecule has 0 aliphatic heterocycles. The van der Waals surface area contributed by atoms with Crippen LogP contribution in [0.15, 0.2) is 12.2 Å². The van der Waals surface area contributed by atoms with Crippen molar-refractivity contribution in [3.63, 3.8) is 0 Å². The zero-order valence-corrected chi connectivity index (χ0v) is 18.1. The fraction of sp³-hybridized carbons (Fsp3) is 0.750. The molecule has 0 saturated heterocycles.